The number of rotatable bonds is 12. The number of nitrogens with two attached hydrogens (primary N) is 1. The number of aryl methyl sites for hydroxylation is 1. The predicted octanol–water partition coefficient (Wildman–Crippen LogP) is 4.04. The van der Waals surface area contributed by atoms with Crippen LogP contribution in [0.5, 0.6) is 0 Å². The molecule has 1 aliphatic rings. The molecule has 1 aromatic carbocycles. The lowest BCUT2D eigenvalue weighted by atomic mass is 9.78. The van der Waals surface area contributed by atoms with Crippen molar-refractivity contribution < 1.29 is 14.7 Å². The number of carbonyl (C=O) groups is 2. The van der Waals surface area contributed by atoms with Gasteiger partial charge in [-0.3, -0.25) is 9.59 Å². The van der Waals surface area contributed by atoms with Crippen molar-refractivity contribution in [3.05, 3.63) is 29.8 Å². The van der Waals surface area contributed by atoms with E-state index in [-0.39, 0.29) is 29.1 Å². The number of nitrogens with zero attached hydrogens (tertiary/aromatic N) is 1. The first-order chi connectivity index (χ1) is 15.6. The minimum Gasteiger partial charge on any atom is -0.391 e. The Morgan fingerprint density at radius 2 is 1.94 bits per heavy atom. The number of nitrogens with one attached hydrogen (secondary N) is 1. The molecule has 0 radical (unpaired) electrons. The highest BCUT2D eigenvalue weighted by Gasteiger charge is 2.33. The predicted molar refractivity (Wildman–Crippen MR) is 135 cm³/mol. The highest BCUT2D eigenvalue weighted by atomic mass is 16.3. The Balaban J connectivity index is 1.95. The van der Waals surface area contributed by atoms with Crippen molar-refractivity contribution in [2.24, 2.45) is 23.0 Å². The maximum absolute atomic E-state index is 13.2. The quantitative estimate of drug-likeness (QED) is 0.411. The fourth-order valence-electron chi connectivity index (χ4n) is 4.78. The number of carbonyl (C=O) groups excluding carboxylic acids is 2. The van der Waals surface area contributed by atoms with Crippen molar-refractivity contribution in [1.82, 2.24) is 5.32 Å². The molecule has 4 N–H and O–H groups in total. The minimum atomic E-state index is -0.792. The van der Waals surface area contributed by atoms with Crippen molar-refractivity contribution in [3.63, 3.8) is 0 Å². The Hall–Kier alpha value is -1.92. The summed E-state index contributed by atoms with van der Waals surface area (Å²) in [6.45, 7) is 11.6. The second-order valence-electron chi connectivity index (χ2n) is 10.8. The Bertz CT molecular complexity index is 778. The molecule has 33 heavy (non-hydrogen) atoms. The van der Waals surface area contributed by atoms with E-state index in [1.165, 1.54) is 5.56 Å². The summed E-state index contributed by atoms with van der Waals surface area (Å²) in [7, 11) is 0. The van der Waals surface area contributed by atoms with Crippen LogP contribution in [0.4, 0.5) is 5.69 Å². The lowest BCUT2D eigenvalue weighted by Crippen LogP contribution is -2.44. The zero-order chi connectivity index (χ0) is 24.6. The summed E-state index contributed by atoms with van der Waals surface area (Å²) in [6, 6.07) is 7.62. The standard InChI is InChI=1S/C27H45N3O3/c1-6-7-14-29-26(33)21(19(2)3)16-24(31)22(28)17-27(4,5)18-25(32)30-15-10-12-20-11-8-9-13-23(20)30/h8-9,11,13,19,21-22,24,31H,6-7,10,12,14-18,28H2,1-5H3,(H,29,33)/t21-,22+,24+/m1/s1. The first-order valence-electron chi connectivity index (χ1n) is 12.7. The number of unbranched alkanes of at least 4 members (excludes halogenated alkanes) is 1. The van der Waals surface area contributed by atoms with Crippen molar-refractivity contribution in [1.29, 1.82) is 0 Å². The van der Waals surface area contributed by atoms with E-state index in [2.05, 4.69) is 18.3 Å². The number of aliphatic hydroxyl groups excluding tert-OH is 1. The molecule has 6 heteroatoms. The monoisotopic (exact) mass is 459 g/mol. The maximum atomic E-state index is 13.2. The molecule has 6 nitrogen and oxygen atoms in total. The zero-order valence-electron chi connectivity index (χ0n) is 21.3. The van der Waals surface area contributed by atoms with Crippen molar-refractivity contribution in [3.8, 4) is 0 Å². The van der Waals surface area contributed by atoms with Gasteiger partial charge in [0.25, 0.3) is 0 Å². The summed E-state index contributed by atoms with van der Waals surface area (Å²) in [5, 5.41) is 13.8. The average Bonchev–Trinajstić information content (AvgIpc) is 2.75. The van der Waals surface area contributed by atoms with Crippen molar-refractivity contribution >= 4 is 17.5 Å². The summed E-state index contributed by atoms with van der Waals surface area (Å²) >= 11 is 0. The third kappa shape index (κ3) is 8.11. The Kier molecular flexibility index (Phi) is 10.4. The Morgan fingerprint density at radius 3 is 2.61 bits per heavy atom. The van der Waals surface area contributed by atoms with Crippen molar-refractivity contribution in [2.75, 3.05) is 18.0 Å². The van der Waals surface area contributed by atoms with E-state index >= 15 is 0 Å². The van der Waals surface area contributed by atoms with E-state index in [1.54, 1.807) is 0 Å². The van der Waals surface area contributed by atoms with E-state index in [1.807, 2.05) is 50.8 Å². The molecule has 0 saturated heterocycles. The molecule has 0 saturated carbocycles. The van der Waals surface area contributed by atoms with E-state index in [4.69, 9.17) is 5.73 Å². The largest absolute Gasteiger partial charge is 0.391 e. The number of hydrogen-bond acceptors (Lipinski definition) is 4. The van der Waals surface area contributed by atoms with Gasteiger partial charge in [-0.25, -0.2) is 0 Å². The summed E-state index contributed by atoms with van der Waals surface area (Å²) in [6.07, 6.45) is 4.37. The molecule has 0 fully saturated rings. The lowest BCUT2D eigenvalue weighted by Gasteiger charge is -2.35. The highest BCUT2D eigenvalue weighted by molar-refractivity contribution is 5.94. The third-order valence-corrected chi connectivity index (χ3v) is 6.79. The van der Waals surface area contributed by atoms with Crippen LogP contribution in [0.15, 0.2) is 24.3 Å². The average molecular weight is 460 g/mol. The number of anilines is 1. The van der Waals surface area contributed by atoms with Gasteiger partial charge in [0.1, 0.15) is 0 Å². The summed E-state index contributed by atoms with van der Waals surface area (Å²) in [5.41, 5.74) is 8.27. The molecule has 0 spiro atoms. The first kappa shape index (κ1) is 27.3. The lowest BCUT2D eigenvalue weighted by molar-refractivity contribution is -0.127. The van der Waals surface area contributed by atoms with E-state index < -0.39 is 12.1 Å². The fraction of sp³-hybridized carbons (Fsp3) is 0.704. The van der Waals surface area contributed by atoms with Crippen LogP contribution in [-0.4, -0.2) is 42.2 Å². The van der Waals surface area contributed by atoms with Gasteiger partial charge in [-0.05, 0) is 55.1 Å². The van der Waals surface area contributed by atoms with Crippen molar-refractivity contribution in [2.45, 2.75) is 91.7 Å². The molecular weight excluding hydrogens is 414 g/mol. The molecule has 0 bridgehead atoms. The zero-order valence-corrected chi connectivity index (χ0v) is 21.3. The molecule has 186 valence electrons. The summed E-state index contributed by atoms with van der Waals surface area (Å²) in [5.74, 6) is -0.0770. The van der Waals surface area contributed by atoms with Crippen LogP contribution in [0.3, 0.4) is 0 Å². The van der Waals surface area contributed by atoms with Crippen LogP contribution in [-0.2, 0) is 16.0 Å². The summed E-state index contributed by atoms with van der Waals surface area (Å²) in [4.78, 5) is 27.7. The molecule has 2 rings (SSSR count). The summed E-state index contributed by atoms with van der Waals surface area (Å²) < 4.78 is 0. The topological polar surface area (TPSA) is 95.7 Å². The molecule has 0 aliphatic carbocycles. The second kappa shape index (κ2) is 12.5. The van der Waals surface area contributed by atoms with Crippen LogP contribution >= 0.6 is 0 Å². The first-order valence-corrected chi connectivity index (χ1v) is 12.7. The number of para-hydroxylation sites is 1. The van der Waals surface area contributed by atoms with E-state index in [9.17, 15) is 14.7 Å². The Morgan fingerprint density at radius 1 is 1.24 bits per heavy atom. The molecule has 1 aliphatic heterocycles. The SMILES string of the molecule is CCCCNC(=O)[C@H](C[C@H](O)[C@@H](N)CC(C)(C)CC(=O)N1CCCc2ccccc21)C(C)C. The van der Waals surface area contributed by atoms with Crippen LogP contribution in [0, 0.1) is 17.3 Å². The van der Waals surface area contributed by atoms with Gasteiger partial charge in [0.2, 0.25) is 11.8 Å². The van der Waals surface area contributed by atoms with Gasteiger partial charge in [0.15, 0.2) is 0 Å². The van der Waals surface area contributed by atoms with E-state index in [0.29, 0.717) is 25.8 Å². The molecule has 0 aromatic heterocycles. The molecule has 1 aromatic rings. The van der Waals surface area contributed by atoms with Gasteiger partial charge in [0.05, 0.1) is 6.10 Å². The Labute approximate surface area is 200 Å². The molecule has 3 atom stereocenters. The van der Waals surface area contributed by atoms with E-state index in [0.717, 1.165) is 37.9 Å². The van der Waals surface area contributed by atoms with Crippen LogP contribution in [0.25, 0.3) is 0 Å². The maximum Gasteiger partial charge on any atom is 0.227 e. The van der Waals surface area contributed by atoms with Gasteiger partial charge in [-0.15, -0.1) is 0 Å². The number of hydrogen-bond donors (Lipinski definition) is 3. The third-order valence-electron chi connectivity index (χ3n) is 6.79. The van der Waals surface area contributed by atoms with Gasteiger partial charge in [0, 0.05) is 37.2 Å². The molecule has 0 unspecified atom stereocenters. The van der Waals surface area contributed by atoms with Gasteiger partial charge >= 0.3 is 0 Å². The molecule has 2 amide bonds. The number of fused-ring (bicyclic) bond motifs is 1. The molecule has 1 heterocycles. The van der Waals surface area contributed by atoms with Crippen LogP contribution in [0.2, 0.25) is 0 Å². The molecular formula is C27H45N3O3. The van der Waals surface area contributed by atoms with Crippen LogP contribution in [0.1, 0.15) is 78.7 Å². The van der Waals surface area contributed by atoms with Gasteiger partial charge in [-0.1, -0.05) is 59.2 Å². The number of aliphatic hydroxyl groups is 1. The minimum absolute atomic E-state index is 0.0112. The normalized spacial score (nSPS) is 16.8. The van der Waals surface area contributed by atoms with Crippen LogP contribution < -0.4 is 16.0 Å². The fourth-order valence-corrected chi connectivity index (χ4v) is 4.78. The second-order valence-corrected chi connectivity index (χ2v) is 10.8. The number of amides is 2. The smallest absolute Gasteiger partial charge is 0.227 e. The highest BCUT2D eigenvalue weighted by Crippen LogP contribution is 2.33. The van der Waals surface area contributed by atoms with Gasteiger partial charge < -0.3 is 21.1 Å². The van der Waals surface area contributed by atoms with Gasteiger partial charge in [-0.2, -0.15) is 0 Å². The number of benzene rings is 1.